The fourth-order valence-corrected chi connectivity index (χ4v) is 2.32. The van der Waals surface area contributed by atoms with E-state index in [2.05, 4.69) is 37.8 Å². The van der Waals surface area contributed by atoms with Crippen LogP contribution in [0.4, 0.5) is 0 Å². The number of carbonyl (C=O) groups excluding carboxylic acids is 1. The van der Waals surface area contributed by atoms with E-state index in [-0.39, 0.29) is 11.8 Å². The minimum absolute atomic E-state index is 0.0560. The average molecular weight is 320 g/mol. The Bertz CT molecular complexity index is 367. The fraction of sp³-hybridized carbons (Fsp3) is 0.727. The molecule has 1 amide bonds. The predicted molar refractivity (Wildman–Crippen MR) is 74.0 cm³/mol. The quantitative estimate of drug-likeness (QED) is 0.820. The molecule has 1 unspecified atom stereocenters. The summed E-state index contributed by atoms with van der Waals surface area (Å²) in [5.41, 5.74) is 0.790. The van der Waals surface area contributed by atoms with Crippen LogP contribution in [-0.4, -0.2) is 26.9 Å². The molecule has 1 aromatic heterocycles. The first-order valence-electron chi connectivity index (χ1n) is 5.80. The summed E-state index contributed by atoms with van der Waals surface area (Å²) < 4.78 is 3.85. The number of rotatable bonds is 6. The molecule has 4 nitrogen and oxygen atoms in total. The van der Waals surface area contributed by atoms with Gasteiger partial charge in [-0.15, -0.1) is 5.10 Å². The summed E-state index contributed by atoms with van der Waals surface area (Å²) in [6, 6.07) is 0. The van der Waals surface area contributed by atoms with Gasteiger partial charge < -0.3 is 5.32 Å². The largest absolute Gasteiger partial charge is 0.351 e. The molecule has 1 atom stereocenters. The van der Waals surface area contributed by atoms with Crippen molar-refractivity contribution in [2.75, 3.05) is 6.54 Å². The van der Waals surface area contributed by atoms with E-state index in [1.54, 1.807) is 0 Å². The molecule has 0 saturated heterocycles. The second kappa shape index (κ2) is 7.06. The molecule has 0 saturated carbocycles. The van der Waals surface area contributed by atoms with Gasteiger partial charge >= 0.3 is 0 Å². The molecule has 0 fully saturated rings. The summed E-state index contributed by atoms with van der Waals surface area (Å²) in [6.45, 7) is 6.82. The third kappa shape index (κ3) is 4.35. The number of hydrogen-bond donors (Lipinski definition) is 1. The molecule has 0 bridgehead atoms. The lowest BCUT2D eigenvalue weighted by Gasteiger charge is -2.08. The van der Waals surface area contributed by atoms with Crippen molar-refractivity contribution >= 4 is 33.4 Å². The van der Waals surface area contributed by atoms with Crippen LogP contribution in [-0.2, 0) is 0 Å². The van der Waals surface area contributed by atoms with Crippen LogP contribution in [0.15, 0.2) is 0 Å². The molecule has 0 spiro atoms. The molecule has 0 aliphatic carbocycles. The van der Waals surface area contributed by atoms with Gasteiger partial charge in [0.15, 0.2) is 0 Å². The molecule has 1 N–H and O–H groups in total. The van der Waals surface area contributed by atoms with Crippen LogP contribution in [0.1, 0.15) is 54.9 Å². The van der Waals surface area contributed by atoms with Crippen LogP contribution in [0.2, 0.25) is 0 Å². The van der Waals surface area contributed by atoms with Gasteiger partial charge in [0.05, 0.1) is 5.69 Å². The number of halogens is 1. The maximum atomic E-state index is 11.9. The molecular weight excluding hydrogens is 302 g/mol. The normalized spacial score (nSPS) is 12.8. The van der Waals surface area contributed by atoms with Crippen LogP contribution in [0, 0.1) is 0 Å². The zero-order chi connectivity index (χ0) is 12.8. The Hall–Kier alpha value is -0.490. The van der Waals surface area contributed by atoms with E-state index in [0.29, 0.717) is 16.2 Å². The van der Waals surface area contributed by atoms with E-state index < -0.39 is 0 Å². The molecule has 96 valence electrons. The van der Waals surface area contributed by atoms with Gasteiger partial charge in [0.2, 0.25) is 0 Å². The van der Waals surface area contributed by atoms with E-state index >= 15 is 0 Å². The Morgan fingerprint density at radius 2 is 2.24 bits per heavy atom. The van der Waals surface area contributed by atoms with E-state index in [9.17, 15) is 4.79 Å². The maximum Gasteiger partial charge on any atom is 0.264 e. The summed E-state index contributed by atoms with van der Waals surface area (Å²) in [5, 5.41) is 6.90. The first kappa shape index (κ1) is 14.6. The maximum absolute atomic E-state index is 11.9. The highest BCUT2D eigenvalue weighted by atomic mass is 79.9. The van der Waals surface area contributed by atoms with Gasteiger partial charge in [-0.1, -0.05) is 41.2 Å². The molecule has 1 heterocycles. The molecule has 1 rings (SSSR count). The Morgan fingerprint density at radius 3 is 2.82 bits per heavy atom. The van der Waals surface area contributed by atoms with Gasteiger partial charge in [-0.3, -0.25) is 4.79 Å². The van der Waals surface area contributed by atoms with E-state index in [1.165, 1.54) is 11.5 Å². The van der Waals surface area contributed by atoms with Crippen LogP contribution in [0.25, 0.3) is 0 Å². The number of alkyl halides is 1. The zero-order valence-electron chi connectivity index (χ0n) is 10.4. The van der Waals surface area contributed by atoms with Crippen molar-refractivity contribution in [1.29, 1.82) is 0 Å². The fourth-order valence-electron chi connectivity index (χ4n) is 1.36. The molecule has 1 aromatic rings. The van der Waals surface area contributed by atoms with Crippen LogP contribution >= 0.6 is 27.5 Å². The highest BCUT2D eigenvalue weighted by Gasteiger charge is 2.18. The first-order chi connectivity index (χ1) is 8.06. The Kier molecular flexibility index (Phi) is 6.05. The molecular formula is C11H18BrN3OS. The number of carbonyl (C=O) groups is 1. The highest BCUT2D eigenvalue weighted by Crippen LogP contribution is 2.19. The molecule has 0 aromatic carbocycles. The number of amides is 1. The lowest BCUT2D eigenvalue weighted by molar-refractivity contribution is 0.0956. The van der Waals surface area contributed by atoms with Crippen molar-refractivity contribution in [1.82, 2.24) is 14.9 Å². The molecule has 0 aliphatic heterocycles. The van der Waals surface area contributed by atoms with Crippen molar-refractivity contribution in [3.05, 3.63) is 10.6 Å². The third-order valence-electron chi connectivity index (χ3n) is 2.45. The van der Waals surface area contributed by atoms with Crippen LogP contribution < -0.4 is 5.32 Å². The monoisotopic (exact) mass is 319 g/mol. The van der Waals surface area contributed by atoms with Gasteiger partial charge in [0.25, 0.3) is 5.91 Å². The van der Waals surface area contributed by atoms with Crippen molar-refractivity contribution in [3.8, 4) is 0 Å². The van der Waals surface area contributed by atoms with Gasteiger partial charge in [0, 0.05) is 11.4 Å². The van der Waals surface area contributed by atoms with Crippen molar-refractivity contribution in [2.24, 2.45) is 0 Å². The Morgan fingerprint density at radius 1 is 1.53 bits per heavy atom. The topological polar surface area (TPSA) is 54.9 Å². The third-order valence-corrected chi connectivity index (χ3v) is 4.30. The van der Waals surface area contributed by atoms with E-state index in [0.717, 1.165) is 18.5 Å². The second-order valence-electron chi connectivity index (χ2n) is 4.19. The zero-order valence-corrected chi connectivity index (χ0v) is 12.8. The minimum atomic E-state index is -0.0560. The predicted octanol–water partition coefficient (Wildman–Crippen LogP) is 2.95. The Labute approximate surface area is 114 Å². The summed E-state index contributed by atoms with van der Waals surface area (Å²) in [6.07, 6.45) is 2.00. The average Bonchev–Trinajstić information content (AvgIpc) is 2.77. The smallest absolute Gasteiger partial charge is 0.264 e. The van der Waals surface area contributed by atoms with Gasteiger partial charge in [-0.05, 0) is 30.3 Å². The van der Waals surface area contributed by atoms with E-state index in [4.69, 9.17) is 0 Å². The van der Waals surface area contributed by atoms with Gasteiger partial charge in [-0.2, -0.15) is 0 Å². The highest BCUT2D eigenvalue weighted by molar-refractivity contribution is 9.09. The van der Waals surface area contributed by atoms with E-state index in [1.807, 2.05) is 13.8 Å². The summed E-state index contributed by atoms with van der Waals surface area (Å²) in [5.74, 6) is 0.175. The minimum Gasteiger partial charge on any atom is -0.351 e. The summed E-state index contributed by atoms with van der Waals surface area (Å²) in [4.78, 5) is 13.0. The first-order valence-corrected chi connectivity index (χ1v) is 7.49. The van der Waals surface area contributed by atoms with Crippen LogP contribution in [0.5, 0.6) is 0 Å². The lowest BCUT2D eigenvalue weighted by Crippen LogP contribution is -2.26. The SMILES string of the molecule is CCC(Br)CCNC(=O)c1snnc1C(C)C. The van der Waals surface area contributed by atoms with Crippen molar-refractivity contribution in [2.45, 2.75) is 44.4 Å². The number of nitrogens with one attached hydrogen (secondary N) is 1. The van der Waals surface area contributed by atoms with Gasteiger partial charge in [0.1, 0.15) is 4.88 Å². The van der Waals surface area contributed by atoms with Crippen molar-refractivity contribution in [3.63, 3.8) is 0 Å². The Balaban J connectivity index is 2.50. The number of nitrogens with zero attached hydrogens (tertiary/aromatic N) is 2. The molecule has 17 heavy (non-hydrogen) atoms. The van der Waals surface area contributed by atoms with Gasteiger partial charge in [-0.25, -0.2) is 0 Å². The molecule has 0 radical (unpaired) electrons. The number of hydrogen-bond acceptors (Lipinski definition) is 4. The lowest BCUT2D eigenvalue weighted by atomic mass is 10.1. The molecule has 6 heteroatoms. The summed E-state index contributed by atoms with van der Waals surface area (Å²) >= 11 is 4.71. The summed E-state index contributed by atoms with van der Waals surface area (Å²) in [7, 11) is 0. The van der Waals surface area contributed by atoms with Crippen LogP contribution in [0.3, 0.4) is 0 Å². The van der Waals surface area contributed by atoms with Crippen molar-refractivity contribution < 1.29 is 4.79 Å². The standard InChI is InChI=1S/C11H18BrN3OS/c1-4-8(12)5-6-13-11(16)10-9(7(2)3)14-15-17-10/h7-8H,4-6H2,1-3H3,(H,13,16). The second-order valence-corrected chi connectivity index (χ2v) is 6.24. The number of aromatic nitrogens is 2. The molecule has 0 aliphatic rings.